The predicted octanol–water partition coefficient (Wildman–Crippen LogP) is 3.47. The van der Waals surface area contributed by atoms with Crippen molar-refractivity contribution < 1.29 is 19.0 Å². The number of benzene rings is 1. The number of hydrogen-bond acceptors (Lipinski definition) is 9. The second-order valence-electron chi connectivity index (χ2n) is 8.02. The van der Waals surface area contributed by atoms with Gasteiger partial charge in [-0.05, 0) is 35.9 Å². The van der Waals surface area contributed by atoms with E-state index in [9.17, 15) is 4.79 Å². The fourth-order valence-electron chi connectivity index (χ4n) is 3.34. The molecule has 3 rings (SSSR count). The number of carbonyl (C=O) groups is 1. The summed E-state index contributed by atoms with van der Waals surface area (Å²) in [5.41, 5.74) is 1.48. The van der Waals surface area contributed by atoms with Crippen LogP contribution < -0.4 is 24.8 Å². The lowest BCUT2D eigenvalue weighted by molar-refractivity contribution is -0.116. The molecule has 35 heavy (non-hydrogen) atoms. The number of nitrogens with zero attached hydrogens (tertiary/aromatic N) is 4. The number of anilines is 1. The van der Waals surface area contributed by atoms with Crippen LogP contribution in [0, 0.1) is 5.92 Å². The van der Waals surface area contributed by atoms with Gasteiger partial charge in [-0.15, -0.1) is 0 Å². The van der Waals surface area contributed by atoms with E-state index < -0.39 is 0 Å². The van der Waals surface area contributed by atoms with Crippen molar-refractivity contribution in [2.75, 3.05) is 46.0 Å². The minimum atomic E-state index is -0.228. The molecule has 0 aliphatic rings. The van der Waals surface area contributed by atoms with Gasteiger partial charge in [-0.25, -0.2) is 14.6 Å². The van der Waals surface area contributed by atoms with Crippen molar-refractivity contribution in [1.82, 2.24) is 25.1 Å². The van der Waals surface area contributed by atoms with Crippen molar-refractivity contribution >= 4 is 40.6 Å². The van der Waals surface area contributed by atoms with E-state index in [1.807, 2.05) is 6.26 Å². The third-order valence-corrected chi connectivity index (χ3v) is 5.62. The average molecular weight is 501 g/mol. The lowest BCUT2D eigenvalue weighted by Crippen LogP contribution is -2.25. The quantitative estimate of drug-likeness (QED) is 0.219. The van der Waals surface area contributed by atoms with Gasteiger partial charge in [-0.3, -0.25) is 4.79 Å². The van der Waals surface area contributed by atoms with Crippen molar-refractivity contribution in [1.29, 1.82) is 0 Å². The Morgan fingerprint density at radius 2 is 1.86 bits per heavy atom. The zero-order chi connectivity index (χ0) is 25.4. The van der Waals surface area contributed by atoms with Crippen molar-refractivity contribution in [3.63, 3.8) is 0 Å². The molecule has 0 radical (unpaired) electrons. The summed E-state index contributed by atoms with van der Waals surface area (Å²) >= 11 is 1.48. The van der Waals surface area contributed by atoms with Crippen molar-refractivity contribution in [2.45, 2.75) is 25.5 Å². The van der Waals surface area contributed by atoms with Crippen LogP contribution in [0.1, 0.15) is 19.4 Å². The fourth-order valence-corrected chi connectivity index (χ4v) is 3.70. The zero-order valence-electron chi connectivity index (χ0n) is 20.9. The molecule has 0 spiro atoms. The van der Waals surface area contributed by atoms with Gasteiger partial charge < -0.3 is 24.8 Å². The Bertz CT molecular complexity index is 1170. The molecular weight excluding hydrogens is 468 g/mol. The Balaban J connectivity index is 1.66. The number of ether oxygens (including phenoxy) is 3. The Morgan fingerprint density at radius 1 is 1.14 bits per heavy atom. The smallest absolute Gasteiger partial charge is 0.244 e. The highest BCUT2D eigenvalue weighted by molar-refractivity contribution is 7.98. The average Bonchev–Trinajstić information content (AvgIpc) is 3.27. The van der Waals surface area contributed by atoms with E-state index in [1.54, 1.807) is 50.4 Å². The number of hydrogen-bond donors (Lipinski definition) is 2. The monoisotopic (exact) mass is 500 g/mol. The molecule has 1 aromatic carbocycles. The third-order valence-electron chi connectivity index (χ3n) is 5.07. The summed E-state index contributed by atoms with van der Waals surface area (Å²) in [4.78, 5) is 21.6. The van der Waals surface area contributed by atoms with Crippen LogP contribution in [0.3, 0.4) is 0 Å². The van der Waals surface area contributed by atoms with Gasteiger partial charge in [-0.2, -0.15) is 5.10 Å². The SMILES string of the molecule is COc1cc(/C=C\C(=O)NCCn2ncc3c(NCC(C)C)nc(SC)nc32)cc(OC)c1OC. The number of amides is 1. The van der Waals surface area contributed by atoms with Crippen molar-refractivity contribution in [3.05, 3.63) is 30.0 Å². The normalized spacial score (nSPS) is 11.3. The van der Waals surface area contributed by atoms with Crippen LogP contribution in [0.5, 0.6) is 17.2 Å². The first-order valence-corrected chi connectivity index (χ1v) is 12.4. The van der Waals surface area contributed by atoms with Crippen LogP contribution in [0.15, 0.2) is 29.6 Å². The molecule has 0 unspecified atom stereocenters. The summed E-state index contributed by atoms with van der Waals surface area (Å²) in [5, 5.41) is 12.3. The number of methoxy groups -OCH3 is 3. The Morgan fingerprint density at radius 3 is 2.46 bits per heavy atom. The van der Waals surface area contributed by atoms with Crippen LogP contribution in [-0.2, 0) is 11.3 Å². The number of carbonyl (C=O) groups excluding carboxylic acids is 1. The number of rotatable bonds is 12. The van der Waals surface area contributed by atoms with Gasteiger partial charge in [0.2, 0.25) is 11.7 Å². The Labute approximate surface area is 209 Å². The summed E-state index contributed by atoms with van der Waals surface area (Å²) in [5.74, 6) is 2.57. The number of nitrogens with one attached hydrogen (secondary N) is 2. The van der Waals surface area contributed by atoms with Crippen LogP contribution >= 0.6 is 11.8 Å². The molecule has 11 heteroatoms. The van der Waals surface area contributed by atoms with E-state index in [2.05, 4.69) is 39.5 Å². The minimum absolute atomic E-state index is 0.228. The predicted molar refractivity (Wildman–Crippen MR) is 139 cm³/mol. The lowest BCUT2D eigenvalue weighted by atomic mass is 10.1. The molecular formula is C24H32N6O4S. The van der Waals surface area contributed by atoms with Gasteiger partial charge in [0.1, 0.15) is 5.82 Å². The fraction of sp³-hybridized carbons (Fsp3) is 0.417. The highest BCUT2D eigenvalue weighted by atomic mass is 32.2. The maximum atomic E-state index is 12.4. The molecule has 0 aliphatic carbocycles. The van der Waals surface area contributed by atoms with Gasteiger partial charge in [0.15, 0.2) is 22.3 Å². The molecule has 0 atom stereocenters. The maximum absolute atomic E-state index is 12.4. The van der Waals surface area contributed by atoms with Crippen molar-refractivity contribution in [3.8, 4) is 17.2 Å². The number of fused-ring (bicyclic) bond motifs is 1. The van der Waals surface area contributed by atoms with Crippen molar-refractivity contribution in [2.24, 2.45) is 5.92 Å². The summed E-state index contributed by atoms with van der Waals surface area (Å²) in [7, 11) is 4.64. The van der Waals surface area contributed by atoms with E-state index in [-0.39, 0.29) is 5.91 Å². The molecule has 0 bridgehead atoms. The van der Waals surface area contributed by atoms with Gasteiger partial charge in [0.25, 0.3) is 0 Å². The van der Waals surface area contributed by atoms with E-state index in [1.165, 1.54) is 17.8 Å². The highest BCUT2D eigenvalue weighted by Crippen LogP contribution is 2.38. The van der Waals surface area contributed by atoms with E-state index >= 15 is 0 Å². The van der Waals surface area contributed by atoms with Gasteiger partial charge in [0, 0.05) is 19.2 Å². The summed E-state index contributed by atoms with van der Waals surface area (Å²) in [6.45, 7) is 5.95. The second kappa shape index (κ2) is 12.3. The summed E-state index contributed by atoms with van der Waals surface area (Å²) in [6, 6.07) is 3.55. The van der Waals surface area contributed by atoms with Crippen LogP contribution in [-0.4, -0.2) is 66.3 Å². The van der Waals surface area contributed by atoms with Crippen LogP contribution in [0.4, 0.5) is 5.82 Å². The van der Waals surface area contributed by atoms with Gasteiger partial charge in [-0.1, -0.05) is 25.6 Å². The number of thioether (sulfide) groups is 1. The Hall–Kier alpha value is -3.47. The molecule has 3 aromatic rings. The van der Waals surface area contributed by atoms with Gasteiger partial charge >= 0.3 is 0 Å². The third kappa shape index (κ3) is 6.56. The zero-order valence-corrected chi connectivity index (χ0v) is 21.7. The van der Waals surface area contributed by atoms with E-state index in [4.69, 9.17) is 14.2 Å². The first-order chi connectivity index (χ1) is 16.9. The minimum Gasteiger partial charge on any atom is -0.493 e. The van der Waals surface area contributed by atoms with E-state index in [0.717, 1.165) is 29.0 Å². The number of aromatic nitrogens is 4. The molecule has 2 aromatic heterocycles. The first-order valence-electron chi connectivity index (χ1n) is 11.2. The molecule has 0 aliphatic heterocycles. The molecule has 10 nitrogen and oxygen atoms in total. The largest absolute Gasteiger partial charge is 0.493 e. The topological polar surface area (TPSA) is 112 Å². The second-order valence-corrected chi connectivity index (χ2v) is 8.80. The molecule has 2 N–H and O–H groups in total. The molecule has 1 amide bonds. The first kappa shape index (κ1) is 26.1. The molecule has 2 heterocycles. The molecule has 0 saturated heterocycles. The van der Waals surface area contributed by atoms with Gasteiger partial charge in [0.05, 0.1) is 39.5 Å². The molecule has 0 saturated carbocycles. The van der Waals surface area contributed by atoms with Crippen LogP contribution in [0.25, 0.3) is 17.1 Å². The highest BCUT2D eigenvalue weighted by Gasteiger charge is 2.14. The van der Waals surface area contributed by atoms with E-state index in [0.29, 0.717) is 41.4 Å². The molecule has 188 valence electrons. The Kier molecular flexibility index (Phi) is 9.18. The lowest BCUT2D eigenvalue weighted by Gasteiger charge is -2.12. The molecule has 0 fully saturated rings. The van der Waals surface area contributed by atoms with Crippen LogP contribution in [0.2, 0.25) is 0 Å². The standard InChI is InChI=1S/C24H32N6O4S/c1-15(2)13-26-22-17-14-27-30(23(17)29-24(28-22)35-6)10-9-25-20(31)8-7-16-11-18(32-3)21(34-5)19(12-16)33-4/h7-8,11-12,14-15H,9-10,13H2,1-6H3,(H,25,31)(H,26,28,29)/b8-7-. The summed E-state index contributed by atoms with van der Waals surface area (Å²) in [6.07, 6.45) is 6.85. The maximum Gasteiger partial charge on any atom is 0.244 e. The summed E-state index contributed by atoms with van der Waals surface area (Å²) < 4.78 is 17.8.